The summed E-state index contributed by atoms with van der Waals surface area (Å²) in [6.45, 7) is 5.75. The van der Waals surface area contributed by atoms with E-state index in [-0.39, 0.29) is 5.56 Å². The van der Waals surface area contributed by atoms with Crippen LogP contribution in [0.2, 0.25) is 0 Å². The van der Waals surface area contributed by atoms with Crippen molar-refractivity contribution in [2.24, 2.45) is 5.92 Å². The zero-order valence-electron chi connectivity index (χ0n) is 9.03. The van der Waals surface area contributed by atoms with Gasteiger partial charge in [-0.15, -0.1) is 0 Å². The van der Waals surface area contributed by atoms with E-state index < -0.39 is 5.97 Å². The van der Waals surface area contributed by atoms with Crippen molar-refractivity contribution in [3.05, 3.63) is 29.6 Å². The third kappa shape index (κ3) is 4.08. The molecule has 15 heavy (non-hydrogen) atoms. The summed E-state index contributed by atoms with van der Waals surface area (Å²) in [6.07, 6.45) is 1.52. The Balaban J connectivity index is 2.54. The van der Waals surface area contributed by atoms with Crippen molar-refractivity contribution in [1.82, 2.24) is 10.3 Å². The van der Waals surface area contributed by atoms with Crippen LogP contribution in [0.25, 0.3) is 0 Å². The first-order valence-corrected chi connectivity index (χ1v) is 4.98. The molecule has 0 radical (unpaired) electrons. The van der Waals surface area contributed by atoms with Gasteiger partial charge in [0.25, 0.3) is 0 Å². The zero-order chi connectivity index (χ0) is 11.3. The van der Waals surface area contributed by atoms with E-state index >= 15 is 0 Å². The predicted molar refractivity (Wildman–Crippen MR) is 57.7 cm³/mol. The number of pyridine rings is 1. The molecule has 4 nitrogen and oxygen atoms in total. The number of hydrogen-bond donors (Lipinski definition) is 2. The second-order valence-electron chi connectivity index (χ2n) is 3.87. The van der Waals surface area contributed by atoms with Crippen molar-refractivity contribution in [2.75, 3.05) is 6.54 Å². The SMILES string of the molecule is CC(C)CNCc1cc(C(=O)O)ccn1. The van der Waals surface area contributed by atoms with Crippen LogP contribution < -0.4 is 5.32 Å². The number of rotatable bonds is 5. The molecule has 0 fully saturated rings. The van der Waals surface area contributed by atoms with Crippen molar-refractivity contribution < 1.29 is 9.90 Å². The van der Waals surface area contributed by atoms with E-state index in [2.05, 4.69) is 24.1 Å². The van der Waals surface area contributed by atoms with Crippen molar-refractivity contribution in [3.63, 3.8) is 0 Å². The third-order valence-electron chi connectivity index (χ3n) is 1.92. The Kier molecular flexibility index (Phi) is 4.24. The molecule has 0 atom stereocenters. The average Bonchev–Trinajstić information content (AvgIpc) is 2.17. The molecule has 0 spiro atoms. The number of aromatic nitrogens is 1. The van der Waals surface area contributed by atoms with Crippen molar-refractivity contribution in [1.29, 1.82) is 0 Å². The second-order valence-corrected chi connectivity index (χ2v) is 3.87. The van der Waals surface area contributed by atoms with Crippen LogP contribution >= 0.6 is 0 Å². The maximum Gasteiger partial charge on any atom is 0.335 e. The molecular formula is C11H16N2O2. The van der Waals surface area contributed by atoms with E-state index in [4.69, 9.17) is 5.11 Å². The minimum Gasteiger partial charge on any atom is -0.478 e. The molecule has 1 rings (SSSR count). The Morgan fingerprint density at radius 1 is 1.60 bits per heavy atom. The average molecular weight is 208 g/mol. The lowest BCUT2D eigenvalue weighted by atomic mass is 10.2. The molecule has 0 aliphatic rings. The number of nitrogens with one attached hydrogen (secondary N) is 1. The standard InChI is InChI=1S/C11H16N2O2/c1-8(2)6-12-7-10-5-9(11(14)15)3-4-13-10/h3-5,8,12H,6-7H2,1-2H3,(H,14,15). The van der Waals surface area contributed by atoms with Gasteiger partial charge in [0.1, 0.15) is 0 Å². The first kappa shape index (κ1) is 11.7. The molecule has 2 N–H and O–H groups in total. The van der Waals surface area contributed by atoms with Gasteiger partial charge in [-0.25, -0.2) is 4.79 Å². The number of carboxylic acids is 1. The predicted octanol–water partition coefficient (Wildman–Crippen LogP) is 1.53. The Bertz CT molecular complexity index is 337. The number of carboxylic acid groups (broad SMARTS) is 1. The molecule has 1 aromatic heterocycles. The number of carbonyl (C=O) groups is 1. The second kappa shape index (κ2) is 5.46. The summed E-state index contributed by atoms with van der Waals surface area (Å²) in [5.41, 5.74) is 1.04. The van der Waals surface area contributed by atoms with E-state index in [9.17, 15) is 4.79 Å². The lowest BCUT2D eigenvalue weighted by molar-refractivity contribution is 0.0696. The Labute approximate surface area is 89.3 Å². The van der Waals surface area contributed by atoms with Gasteiger partial charge < -0.3 is 10.4 Å². The Hall–Kier alpha value is -1.42. The van der Waals surface area contributed by atoms with Gasteiger partial charge in [-0.1, -0.05) is 13.8 Å². The van der Waals surface area contributed by atoms with Crippen LogP contribution in [-0.2, 0) is 6.54 Å². The lowest BCUT2D eigenvalue weighted by Gasteiger charge is -2.06. The molecule has 1 heterocycles. The summed E-state index contributed by atoms with van der Waals surface area (Å²) in [7, 11) is 0. The quantitative estimate of drug-likeness (QED) is 0.770. The first-order chi connectivity index (χ1) is 7.09. The smallest absolute Gasteiger partial charge is 0.335 e. The van der Waals surface area contributed by atoms with Gasteiger partial charge in [0.05, 0.1) is 11.3 Å². The van der Waals surface area contributed by atoms with E-state index in [0.717, 1.165) is 12.2 Å². The van der Waals surface area contributed by atoms with Crippen molar-refractivity contribution in [2.45, 2.75) is 20.4 Å². The largest absolute Gasteiger partial charge is 0.478 e. The fourth-order valence-corrected chi connectivity index (χ4v) is 1.20. The topological polar surface area (TPSA) is 62.2 Å². The van der Waals surface area contributed by atoms with Gasteiger partial charge in [0.2, 0.25) is 0 Å². The third-order valence-corrected chi connectivity index (χ3v) is 1.92. The van der Waals surface area contributed by atoms with E-state index in [1.54, 1.807) is 6.07 Å². The summed E-state index contributed by atoms with van der Waals surface area (Å²) in [5.74, 6) is -0.338. The summed E-state index contributed by atoms with van der Waals surface area (Å²) < 4.78 is 0. The first-order valence-electron chi connectivity index (χ1n) is 4.98. The normalized spacial score (nSPS) is 10.6. The fourth-order valence-electron chi connectivity index (χ4n) is 1.20. The zero-order valence-corrected chi connectivity index (χ0v) is 9.03. The van der Waals surface area contributed by atoms with Crippen LogP contribution in [0.4, 0.5) is 0 Å². The Morgan fingerprint density at radius 3 is 2.93 bits per heavy atom. The highest BCUT2D eigenvalue weighted by Gasteiger charge is 2.03. The van der Waals surface area contributed by atoms with E-state index in [1.165, 1.54) is 12.3 Å². The van der Waals surface area contributed by atoms with Crippen LogP contribution in [0, 0.1) is 5.92 Å². The molecule has 0 aliphatic heterocycles. The Morgan fingerprint density at radius 2 is 2.33 bits per heavy atom. The monoisotopic (exact) mass is 208 g/mol. The van der Waals surface area contributed by atoms with Crippen LogP contribution in [0.3, 0.4) is 0 Å². The number of nitrogens with zero attached hydrogens (tertiary/aromatic N) is 1. The molecule has 82 valence electrons. The van der Waals surface area contributed by atoms with E-state index in [0.29, 0.717) is 12.5 Å². The van der Waals surface area contributed by atoms with Crippen LogP contribution in [-0.4, -0.2) is 22.6 Å². The van der Waals surface area contributed by atoms with Gasteiger partial charge in [-0.05, 0) is 24.6 Å². The highest BCUT2D eigenvalue weighted by molar-refractivity contribution is 5.87. The van der Waals surface area contributed by atoms with Gasteiger partial charge >= 0.3 is 5.97 Å². The highest BCUT2D eigenvalue weighted by Crippen LogP contribution is 2.01. The van der Waals surface area contributed by atoms with Gasteiger partial charge in [-0.3, -0.25) is 4.98 Å². The molecule has 4 heteroatoms. The minimum absolute atomic E-state index is 0.284. The maximum absolute atomic E-state index is 10.7. The highest BCUT2D eigenvalue weighted by atomic mass is 16.4. The fraction of sp³-hybridized carbons (Fsp3) is 0.455. The number of hydrogen-bond acceptors (Lipinski definition) is 3. The summed E-state index contributed by atoms with van der Waals surface area (Å²) >= 11 is 0. The van der Waals surface area contributed by atoms with Crippen molar-refractivity contribution in [3.8, 4) is 0 Å². The molecular weight excluding hydrogens is 192 g/mol. The summed E-state index contributed by atoms with van der Waals surface area (Å²) in [5, 5.41) is 12.0. The lowest BCUT2D eigenvalue weighted by Crippen LogP contribution is -2.19. The maximum atomic E-state index is 10.7. The molecule has 0 aliphatic carbocycles. The molecule has 0 saturated carbocycles. The van der Waals surface area contributed by atoms with Crippen LogP contribution in [0.5, 0.6) is 0 Å². The van der Waals surface area contributed by atoms with Gasteiger partial charge in [-0.2, -0.15) is 0 Å². The van der Waals surface area contributed by atoms with E-state index in [1.807, 2.05) is 0 Å². The van der Waals surface area contributed by atoms with Crippen LogP contribution in [0.15, 0.2) is 18.3 Å². The molecule has 0 unspecified atom stereocenters. The number of aromatic carboxylic acids is 1. The molecule has 0 saturated heterocycles. The minimum atomic E-state index is -0.914. The van der Waals surface area contributed by atoms with Gasteiger partial charge in [0.15, 0.2) is 0 Å². The summed E-state index contributed by atoms with van der Waals surface area (Å²) in [4.78, 5) is 14.8. The summed E-state index contributed by atoms with van der Waals surface area (Å²) in [6, 6.07) is 3.09. The molecule has 0 aromatic carbocycles. The molecule has 1 aromatic rings. The van der Waals surface area contributed by atoms with Crippen LogP contribution in [0.1, 0.15) is 29.9 Å². The molecule has 0 bridgehead atoms. The van der Waals surface area contributed by atoms with Crippen molar-refractivity contribution >= 4 is 5.97 Å². The molecule has 0 amide bonds. The van der Waals surface area contributed by atoms with Gasteiger partial charge in [0, 0.05) is 12.7 Å².